The highest BCUT2D eigenvalue weighted by Crippen LogP contribution is 2.54. The van der Waals surface area contributed by atoms with Crippen molar-refractivity contribution in [1.82, 2.24) is 9.97 Å². The first-order chi connectivity index (χ1) is 15.9. The van der Waals surface area contributed by atoms with E-state index in [1.807, 2.05) is 0 Å². The molecule has 0 fully saturated rings. The van der Waals surface area contributed by atoms with Gasteiger partial charge < -0.3 is 15.2 Å². The van der Waals surface area contributed by atoms with Crippen LogP contribution in [-0.4, -0.2) is 34.0 Å². The zero-order valence-electron chi connectivity index (χ0n) is 18.2. The third-order valence-electron chi connectivity index (χ3n) is 5.94. The molecule has 1 aromatic heterocycles. The van der Waals surface area contributed by atoms with Crippen LogP contribution < -0.4 is 10.1 Å². The number of hydrogen-bond donors (Lipinski definition) is 2. The summed E-state index contributed by atoms with van der Waals surface area (Å²) in [5.74, 6) is -3.63. The minimum Gasteiger partial charge on any atom is -0.493 e. The van der Waals surface area contributed by atoms with E-state index in [0.717, 1.165) is 18.3 Å². The van der Waals surface area contributed by atoms with Crippen LogP contribution in [0.1, 0.15) is 36.3 Å². The summed E-state index contributed by atoms with van der Waals surface area (Å²) in [5, 5.41) is 13.4. The molecule has 0 radical (unpaired) electrons. The monoisotopic (exact) mass is 483 g/mol. The molecular formula is C23H19F6N3O2. The van der Waals surface area contributed by atoms with Crippen LogP contribution in [0.5, 0.6) is 5.75 Å². The standard InChI is InChI=1S/C23H19F6N3O2/c1-4-11-8-22(33,23(27,28)29)21(12-5-6-14(24)20(34-3)17(11)12)32-16-7-15(25)18(26)19-13(16)9-30-10(2)31-19/h4-7,9,21,32-33H,8H2,1-3H3/b11-4+/t21-,22-/m1/s1. The van der Waals surface area contributed by atoms with Crippen LogP contribution in [0.25, 0.3) is 16.5 Å². The lowest BCUT2D eigenvalue weighted by Gasteiger charge is -2.44. The quantitative estimate of drug-likeness (QED) is 0.474. The van der Waals surface area contributed by atoms with Gasteiger partial charge in [-0.2, -0.15) is 13.2 Å². The average molecular weight is 483 g/mol. The third-order valence-corrected chi connectivity index (χ3v) is 5.94. The van der Waals surface area contributed by atoms with E-state index in [1.54, 1.807) is 0 Å². The number of hydrogen-bond acceptors (Lipinski definition) is 5. The second-order valence-electron chi connectivity index (χ2n) is 7.93. The largest absolute Gasteiger partial charge is 0.493 e. The fourth-order valence-corrected chi connectivity index (χ4v) is 4.28. The Morgan fingerprint density at radius 1 is 1.21 bits per heavy atom. The van der Waals surface area contributed by atoms with Gasteiger partial charge in [0.05, 0.1) is 13.2 Å². The van der Waals surface area contributed by atoms with Crippen molar-refractivity contribution >= 4 is 22.2 Å². The fourth-order valence-electron chi connectivity index (χ4n) is 4.28. The van der Waals surface area contributed by atoms with Crippen LogP contribution in [0.2, 0.25) is 0 Å². The van der Waals surface area contributed by atoms with Crippen molar-refractivity contribution in [3.63, 3.8) is 0 Å². The van der Waals surface area contributed by atoms with Crippen LogP contribution in [0, 0.1) is 24.4 Å². The van der Waals surface area contributed by atoms with Gasteiger partial charge in [-0.3, -0.25) is 0 Å². The number of benzene rings is 2. The number of rotatable bonds is 3. The number of alkyl halides is 3. The molecule has 3 aromatic rings. The van der Waals surface area contributed by atoms with Gasteiger partial charge >= 0.3 is 6.18 Å². The highest BCUT2D eigenvalue weighted by atomic mass is 19.4. The van der Waals surface area contributed by atoms with Crippen molar-refractivity contribution < 1.29 is 36.2 Å². The first-order valence-electron chi connectivity index (χ1n) is 10.1. The van der Waals surface area contributed by atoms with Crippen molar-refractivity contribution in [3.05, 3.63) is 64.9 Å². The summed E-state index contributed by atoms with van der Waals surface area (Å²) in [4.78, 5) is 7.78. The molecule has 11 heteroatoms. The number of aliphatic hydroxyl groups is 1. The van der Waals surface area contributed by atoms with Crippen molar-refractivity contribution in [2.75, 3.05) is 12.4 Å². The minimum absolute atomic E-state index is 0.0123. The molecule has 0 saturated carbocycles. The second-order valence-corrected chi connectivity index (χ2v) is 7.93. The number of fused-ring (bicyclic) bond motifs is 2. The topological polar surface area (TPSA) is 67.3 Å². The number of methoxy groups -OCH3 is 1. The number of allylic oxidation sites excluding steroid dienone is 1. The summed E-state index contributed by atoms with van der Waals surface area (Å²) in [7, 11) is 1.17. The summed E-state index contributed by atoms with van der Waals surface area (Å²) >= 11 is 0. The van der Waals surface area contributed by atoms with Crippen LogP contribution in [0.4, 0.5) is 32.0 Å². The van der Waals surface area contributed by atoms with Crippen molar-refractivity contribution in [1.29, 1.82) is 0 Å². The number of halogens is 6. The molecule has 1 aliphatic carbocycles. The van der Waals surface area contributed by atoms with E-state index in [1.165, 1.54) is 27.0 Å². The highest BCUT2D eigenvalue weighted by Gasteiger charge is 2.62. The number of anilines is 1. The molecular weight excluding hydrogens is 464 g/mol. The smallest absolute Gasteiger partial charge is 0.419 e. The third kappa shape index (κ3) is 3.54. The molecule has 0 bridgehead atoms. The summed E-state index contributed by atoms with van der Waals surface area (Å²) in [6, 6.07) is 0.735. The number of ether oxygens (including phenoxy) is 1. The zero-order chi connectivity index (χ0) is 25.0. The molecule has 0 amide bonds. The van der Waals surface area contributed by atoms with Gasteiger partial charge in [-0.25, -0.2) is 23.1 Å². The van der Waals surface area contributed by atoms with E-state index >= 15 is 0 Å². The number of aryl methyl sites for hydroxylation is 1. The number of aromatic nitrogens is 2. The molecule has 5 nitrogen and oxygen atoms in total. The summed E-state index contributed by atoms with van der Waals surface area (Å²) in [6.07, 6.45) is -3.62. The molecule has 0 spiro atoms. The molecule has 2 aromatic carbocycles. The van der Waals surface area contributed by atoms with Crippen LogP contribution >= 0.6 is 0 Å². The van der Waals surface area contributed by atoms with E-state index in [9.17, 15) is 31.4 Å². The maximum atomic E-state index is 14.4. The van der Waals surface area contributed by atoms with Crippen molar-refractivity contribution in [2.45, 2.75) is 38.1 Å². The average Bonchev–Trinajstić information content (AvgIpc) is 2.77. The highest BCUT2D eigenvalue weighted by molar-refractivity contribution is 5.92. The lowest BCUT2D eigenvalue weighted by atomic mass is 9.72. The molecule has 180 valence electrons. The Morgan fingerprint density at radius 2 is 1.91 bits per heavy atom. The minimum atomic E-state index is -5.15. The lowest BCUT2D eigenvalue weighted by molar-refractivity contribution is -0.265. The van der Waals surface area contributed by atoms with Gasteiger partial charge in [-0.05, 0) is 31.1 Å². The fraction of sp³-hybridized carbons (Fsp3) is 0.304. The van der Waals surface area contributed by atoms with Crippen LogP contribution in [0.15, 0.2) is 30.5 Å². The molecule has 1 heterocycles. The van der Waals surface area contributed by atoms with Gasteiger partial charge in [0, 0.05) is 35.3 Å². The Labute approximate surface area is 190 Å². The number of nitrogens with zero attached hydrogens (tertiary/aromatic N) is 2. The Kier molecular flexibility index (Phi) is 5.71. The second kappa shape index (κ2) is 8.15. The van der Waals surface area contributed by atoms with E-state index in [-0.39, 0.29) is 39.3 Å². The SMILES string of the molecule is C/C=C1\C[C@](O)(C(F)(F)F)[C@H](Nc2cc(F)c(F)c3nc(C)ncc23)c2ccc(F)c(OC)c21. The van der Waals surface area contributed by atoms with E-state index in [4.69, 9.17) is 4.74 Å². The van der Waals surface area contributed by atoms with E-state index in [0.29, 0.717) is 6.07 Å². The first-order valence-corrected chi connectivity index (χ1v) is 10.1. The van der Waals surface area contributed by atoms with Gasteiger partial charge in [0.2, 0.25) is 0 Å². The van der Waals surface area contributed by atoms with E-state index in [2.05, 4.69) is 15.3 Å². The molecule has 34 heavy (non-hydrogen) atoms. The Bertz CT molecular complexity index is 1320. The van der Waals surface area contributed by atoms with Gasteiger partial charge in [0.1, 0.15) is 11.3 Å². The Morgan fingerprint density at radius 3 is 2.53 bits per heavy atom. The van der Waals surface area contributed by atoms with Gasteiger partial charge in [-0.15, -0.1) is 0 Å². The van der Waals surface area contributed by atoms with Gasteiger partial charge in [-0.1, -0.05) is 12.1 Å². The maximum Gasteiger partial charge on any atom is 0.419 e. The van der Waals surface area contributed by atoms with Crippen LogP contribution in [-0.2, 0) is 0 Å². The predicted octanol–water partition coefficient (Wildman–Crippen LogP) is 5.62. The zero-order valence-corrected chi connectivity index (χ0v) is 18.2. The Hall–Kier alpha value is -3.34. The predicted molar refractivity (Wildman–Crippen MR) is 113 cm³/mol. The van der Waals surface area contributed by atoms with Gasteiger partial charge in [0.25, 0.3) is 0 Å². The maximum absolute atomic E-state index is 14.4. The normalized spacial score (nSPS) is 21.6. The molecule has 2 N–H and O–H groups in total. The molecule has 2 atom stereocenters. The number of nitrogens with one attached hydrogen (secondary N) is 1. The van der Waals surface area contributed by atoms with Crippen LogP contribution in [0.3, 0.4) is 0 Å². The lowest BCUT2D eigenvalue weighted by Crippen LogP contribution is -2.54. The molecule has 1 aliphatic rings. The van der Waals surface area contributed by atoms with Crippen molar-refractivity contribution in [3.8, 4) is 5.75 Å². The summed E-state index contributed by atoms with van der Waals surface area (Å²) < 4.78 is 91.1. The first kappa shape index (κ1) is 23.8. The molecule has 4 rings (SSSR count). The summed E-state index contributed by atoms with van der Waals surface area (Å²) in [5.41, 5.74) is -4.18. The Balaban J connectivity index is 2.00. The molecule has 0 unspecified atom stereocenters. The van der Waals surface area contributed by atoms with Crippen molar-refractivity contribution in [2.24, 2.45) is 0 Å². The molecule has 0 aliphatic heterocycles. The molecule has 0 saturated heterocycles. The van der Waals surface area contributed by atoms with E-state index < -0.39 is 47.2 Å². The van der Waals surface area contributed by atoms with Gasteiger partial charge in [0.15, 0.2) is 28.8 Å². The summed E-state index contributed by atoms with van der Waals surface area (Å²) in [6.45, 7) is 2.90.